The topological polar surface area (TPSA) is 81.7 Å². The molecule has 24 heavy (non-hydrogen) atoms. The van der Waals surface area contributed by atoms with Gasteiger partial charge in [-0.3, -0.25) is 0 Å². The van der Waals surface area contributed by atoms with Crippen LogP contribution in [0, 0.1) is 0 Å². The summed E-state index contributed by atoms with van der Waals surface area (Å²) in [6, 6.07) is 6.67. The Morgan fingerprint density at radius 3 is 1.96 bits per heavy atom. The molecular formula is C18H29O5P-2. The molecule has 0 aliphatic heterocycles. The molecule has 0 bridgehead atoms. The maximum atomic E-state index is 10.5. The molecule has 1 aromatic carbocycles. The van der Waals surface area contributed by atoms with Crippen molar-refractivity contribution in [1.82, 2.24) is 0 Å². The van der Waals surface area contributed by atoms with Crippen molar-refractivity contribution in [3.63, 3.8) is 0 Å². The first-order chi connectivity index (χ1) is 11.5. The summed E-state index contributed by atoms with van der Waals surface area (Å²) in [7, 11) is -4.96. The Balaban J connectivity index is 2.00. The molecule has 0 fully saturated rings. The first-order valence-electron chi connectivity index (χ1n) is 8.89. The molecule has 1 aromatic rings. The lowest BCUT2D eigenvalue weighted by atomic mass is 10.0. The highest BCUT2D eigenvalue weighted by Crippen LogP contribution is 2.29. The van der Waals surface area contributed by atoms with E-state index in [9.17, 15) is 14.4 Å². The average Bonchev–Trinajstić information content (AvgIpc) is 2.53. The van der Waals surface area contributed by atoms with Crippen LogP contribution in [-0.2, 0) is 15.7 Å². The highest BCUT2D eigenvalue weighted by atomic mass is 31.2. The molecule has 0 spiro atoms. The first-order valence-corrected chi connectivity index (χ1v) is 10.4. The fourth-order valence-electron chi connectivity index (χ4n) is 2.58. The summed E-state index contributed by atoms with van der Waals surface area (Å²) in [6.45, 7) is 3.73. The van der Waals surface area contributed by atoms with Crippen molar-refractivity contribution >= 4 is 7.82 Å². The quantitative estimate of drug-likeness (QED) is 0.376. The van der Waals surface area contributed by atoms with Gasteiger partial charge in [-0.15, -0.1) is 0 Å². The van der Waals surface area contributed by atoms with Gasteiger partial charge in [-0.1, -0.05) is 50.7 Å². The molecule has 0 atom stereocenters. The van der Waals surface area contributed by atoms with E-state index in [1.807, 2.05) is 19.1 Å². The molecule has 0 aromatic heterocycles. The minimum atomic E-state index is -4.96. The van der Waals surface area contributed by atoms with E-state index in [1.54, 1.807) is 0 Å². The fraction of sp³-hybridized carbons (Fsp3) is 0.667. The second-order valence-corrected chi connectivity index (χ2v) is 7.03. The van der Waals surface area contributed by atoms with E-state index in [4.69, 9.17) is 4.74 Å². The van der Waals surface area contributed by atoms with Gasteiger partial charge in [0.05, 0.1) is 0 Å². The van der Waals surface area contributed by atoms with Gasteiger partial charge in [0.25, 0.3) is 0 Å². The Bertz CT molecular complexity index is 469. The van der Waals surface area contributed by atoms with Crippen LogP contribution >= 0.6 is 7.82 Å². The zero-order chi connectivity index (χ0) is 17.7. The van der Waals surface area contributed by atoms with Gasteiger partial charge >= 0.3 is 0 Å². The first kappa shape index (κ1) is 21.2. The van der Waals surface area contributed by atoms with Crippen molar-refractivity contribution in [1.29, 1.82) is 0 Å². The molecule has 0 N–H and O–H groups in total. The van der Waals surface area contributed by atoms with Crippen molar-refractivity contribution in [3.05, 3.63) is 29.8 Å². The molecule has 0 heterocycles. The van der Waals surface area contributed by atoms with Crippen LogP contribution in [0.3, 0.4) is 0 Å². The number of rotatable bonds is 14. The number of unbranched alkanes of at least 4 members (excludes halogenated alkanes) is 7. The number of phosphoric ester groups is 1. The minimum Gasteiger partial charge on any atom is -0.780 e. The molecular weight excluding hydrogens is 327 g/mol. The zero-order valence-electron chi connectivity index (χ0n) is 14.6. The summed E-state index contributed by atoms with van der Waals surface area (Å²) in [4.78, 5) is 21.0. The normalized spacial score (nSPS) is 11.6. The van der Waals surface area contributed by atoms with Gasteiger partial charge < -0.3 is 23.6 Å². The number of ether oxygens (including phenoxy) is 1. The second kappa shape index (κ2) is 12.5. The zero-order valence-corrected chi connectivity index (χ0v) is 15.5. The smallest absolute Gasteiger partial charge is 0.124 e. The highest BCUT2D eigenvalue weighted by molar-refractivity contribution is 7.43. The van der Waals surface area contributed by atoms with E-state index >= 15 is 0 Å². The molecule has 5 nitrogen and oxygen atoms in total. The predicted molar refractivity (Wildman–Crippen MR) is 91.8 cm³/mol. The number of benzene rings is 1. The Labute approximate surface area is 145 Å². The molecule has 0 aliphatic rings. The second-order valence-electron chi connectivity index (χ2n) is 5.96. The lowest BCUT2D eigenvalue weighted by molar-refractivity contribution is -0.333. The SMILES string of the molecule is CCOCCCCCCCCCCc1ccc(OP(=O)([O-])[O-])cc1. The highest BCUT2D eigenvalue weighted by Gasteiger charge is 1.99. The third-order valence-electron chi connectivity index (χ3n) is 3.85. The molecule has 0 radical (unpaired) electrons. The van der Waals surface area contributed by atoms with Gasteiger partial charge in [-0.25, -0.2) is 0 Å². The summed E-state index contributed by atoms with van der Waals surface area (Å²) < 4.78 is 20.1. The predicted octanol–water partition coefficient (Wildman–Crippen LogP) is 3.59. The summed E-state index contributed by atoms with van der Waals surface area (Å²) in [6.07, 6.45) is 10.8. The Kier molecular flexibility index (Phi) is 11.0. The van der Waals surface area contributed by atoms with Crippen LogP contribution in [0.1, 0.15) is 63.9 Å². The van der Waals surface area contributed by atoms with Crippen molar-refractivity contribution in [2.45, 2.75) is 64.7 Å². The summed E-state index contributed by atoms with van der Waals surface area (Å²) in [5, 5.41) is 0. The average molecular weight is 356 g/mol. The van der Waals surface area contributed by atoms with Gasteiger partial charge in [-0.2, -0.15) is 0 Å². The van der Waals surface area contributed by atoms with Crippen molar-refractivity contribution in [2.75, 3.05) is 13.2 Å². The van der Waals surface area contributed by atoms with Gasteiger partial charge in [0.2, 0.25) is 0 Å². The fourth-order valence-corrected chi connectivity index (χ4v) is 2.96. The van der Waals surface area contributed by atoms with E-state index in [2.05, 4.69) is 4.52 Å². The molecule has 1 rings (SSSR count). The van der Waals surface area contributed by atoms with Crippen LogP contribution in [0.2, 0.25) is 0 Å². The Hall–Kier alpha value is -0.870. The van der Waals surface area contributed by atoms with Crippen LogP contribution in [-0.4, -0.2) is 13.2 Å². The summed E-state index contributed by atoms with van der Waals surface area (Å²) in [5.41, 5.74) is 1.13. The van der Waals surface area contributed by atoms with Crippen LogP contribution in [0.15, 0.2) is 24.3 Å². The maximum Gasteiger partial charge on any atom is 0.124 e. The molecule has 0 aliphatic carbocycles. The molecule has 6 heteroatoms. The molecule has 0 saturated carbocycles. The standard InChI is InChI=1S/C18H31O5P/c1-2-22-16-10-8-6-4-3-5-7-9-11-17-12-14-18(15-13-17)23-24(19,20)21/h12-15H,2-11,16H2,1H3,(H2,19,20,21)/p-2. The monoisotopic (exact) mass is 356 g/mol. The third kappa shape index (κ3) is 11.6. The lowest BCUT2D eigenvalue weighted by Gasteiger charge is -2.28. The summed E-state index contributed by atoms with van der Waals surface area (Å²) in [5.74, 6) is 0.0800. The van der Waals surface area contributed by atoms with E-state index < -0.39 is 7.82 Å². The van der Waals surface area contributed by atoms with Gasteiger partial charge in [0, 0.05) is 13.2 Å². The third-order valence-corrected chi connectivity index (χ3v) is 4.28. The minimum absolute atomic E-state index is 0.0800. The van der Waals surface area contributed by atoms with Crippen LogP contribution in [0.5, 0.6) is 5.75 Å². The number of hydrogen-bond donors (Lipinski definition) is 0. The van der Waals surface area contributed by atoms with Gasteiger partial charge in [-0.05, 0) is 43.9 Å². The Morgan fingerprint density at radius 1 is 0.875 bits per heavy atom. The van der Waals surface area contributed by atoms with E-state index in [0.29, 0.717) is 0 Å². The number of hydrogen-bond acceptors (Lipinski definition) is 5. The van der Waals surface area contributed by atoms with E-state index in [1.165, 1.54) is 57.1 Å². The van der Waals surface area contributed by atoms with Gasteiger partial charge in [0.1, 0.15) is 13.6 Å². The Morgan fingerprint density at radius 2 is 1.42 bits per heavy atom. The number of phosphoric acid groups is 1. The molecule has 0 saturated heterocycles. The maximum absolute atomic E-state index is 10.5. The van der Waals surface area contributed by atoms with E-state index in [-0.39, 0.29) is 5.75 Å². The van der Waals surface area contributed by atoms with Crippen LogP contribution < -0.4 is 14.3 Å². The number of aryl methyl sites for hydroxylation is 1. The largest absolute Gasteiger partial charge is 0.780 e. The van der Waals surface area contributed by atoms with Crippen molar-refractivity contribution < 1.29 is 23.6 Å². The molecule has 0 unspecified atom stereocenters. The molecule has 0 amide bonds. The van der Waals surface area contributed by atoms with E-state index in [0.717, 1.165) is 31.6 Å². The summed E-state index contributed by atoms with van der Waals surface area (Å²) >= 11 is 0. The van der Waals surface area contributed by atoms with Crippen molar-refractivity contribution in [2.24, 2.45) is 0 Å². The van der Waals surface area contributed by atoms with Crippen LogP contribution in [0.4, 0.5) is 0 Å². The van der Waals surface area contributed by atoms with Crippen LogP contribution in [0.25, 0.3) is 0 Å². The van der Waals surface area contributed by atoms with Gasteiger partial charge in [0.15, 0.2) is 0 Å². The molecule has 138 valence electrons. The lowest BCUT2D eigenvalue weighted by Crippen LogP contribution is -2.18. The van der Waals surface area contributed by atoms with Crippen molar-refractivity contribution in [3.8, 4) is 5.75 Å².